The normalized spacial score (nSPS) is 15.3. The molecule has 2 N–H and O–H groups in total. The predicted octanol–water partition coefficient (Wildman–Crippen LogP) is 1.95. The molecule has 0 spiro atoms. The minimum Gasteiger partial charge on any atom is -0.307 e. The first-order valence-corrected chi connectivity index (χ1v) is 7.41. The Balaban J connectivity index is 2.51. The highest BCUT2D eigenvalue weighted by Crippen LogP contribution is 2.15. The summed E-state index contributed by atoms with van der Waals surface area (Å²) in [5.41, 5.74) is 1.03. The van der Waals surface area contributed by atoms with E-state index in [4.69, 9.17) is 4.55 Å². The maximum absolute atomic E-state index is 13.3. The van der Waals surface area contributed by atoms with Crippen LogP contribution in [0.4, 0.5) is 4.39 Å². The Labute approximate surface area is 107 Å². The van der Waals surface area contributed by atoms with Crippen molar-refractivity contribution in [1.29, 1.82) is 0 Å². The lowest BCUT2D eigenvalue weighted by Crippen LogP contribution is -2.32. The molecule has 18 heavy (non-hydrogen) atoms. The molecule has 0 saturated heterocycles. The lowest BCUT2D eigenvalue weighted by Gasteiger charge is -2.18. The van der Waals surface area contributed by atoms with Gasteiger partial charge in [0.25, 0.3) is 10.1 Å². The average molecular weight is 275 g/mol. The molecule has 1 aromatic rings. The number of halogens is 1. The summed E-state index contributed by atoms with van der Waals surface area (Å²) in [4.78, 5) is 0. The zero-order valence-electron chi connectivity index (χ0n) is 10.2. The summed E-state index contributed by atoms with van der Waals surface area (Å²) in [6.07, 6.45) is -0.847. The van der Waals surface area contributed by atoms with Gasteiger partial charge in [-0.15, -0.1) is 0 Å². The van der Waals surface area contributed by atoms with Gasteiger partial charge in [-0.2, -0.15) is 8.42 Å². The fraction of sp³-hybridized carbons (Fsp3) is 0.500. The number of nitrogens with one attached hydrogen (secondary N) is 1. The third-order valence-corrected chi connectivity index (χ3v) is 3.37. The van der Waals surface area contributed by atoms with Crippen molar-refractivity contribution in [2.75, 3.05) is 12.3 Å². The van der Waals surface area contributed by atoms with Crippen LogP contribution >= 0.6 is 0 Å². The summed E-state index contributed by atoms with van der Waals surface area (Å²) in [5, 5.41) is 2.96. The van der Waals surface area contributed by atoms with Gasteiger partial charge in [0.2, 0.25) is 0 Å². The molecular weight excluding hydrogens is 257 g/mol. The minimum atomic E-state index is -4.26. The van der Waals surface area contributed by atoms with E-state index in [1.807, 2.05) is 37.3 Å². The second-order valence-corrected chi connectivity index (χ2v) is 5.62. The molecule has 0 aliphatic heterocycles. The largest absolute Gasteiger partial charge is 0.307 e. The van der Waals surface area contributed by atoms with E-state index in [9.17, 15) is 12.8 Å². The summed E-state index contributed by atoms with van der Waals surface area (Å²) in [5.74, 6) is -0.870. The van der Waals surface area contributed by atoms with Crippen molar-refractivity contribution in [3.05, 3.63) is 35.9 Å². The van der Waals surface area contributed by atoms with E-state index >= 15 is 0 Å². The summed E-state index contributed by atoms with van der Waals surface area (Å²) in [6, 6.07) is 9.52. The fourth-order valence-electron chi connectivity index (χ4n) is 1.74. The lowest BCUT2D eigenvalue weighted by molar-refractivity contribution is 0.322. The van der Waals surface area contributed by atoms with Crippen molar-refractivity contribution in [3.8, 4) is 0 Å². The molecule has 0 saturated carbocycles. The SMILES string of the molecule is CCC(NCC(F)CS(=O)(=O)O)c1ccccc1. The van der Waals surface area contributed by atoms with Crippen LogP contribution in [0.5, 0.6) is 0 Å². The molecule has 0 amide bonds. The molecule has 2 unspecified atom stereocenters. The number of alkyl halides is 1. The Hall–Kier alpha value is -0.980. The van der Waals surface area contributed by atoms with E-state index < -0.39 is 22.0 Å². The van der Waals surface area contributed by atoms with Crippen molar-refractivity contribution in [2.24, 2.45) is 0 Å². The van der Waals surface area contributed by atoms with Crippen LogP contribution in [-0.4, -0.2) is 31.4 Å². The van der Waals surface area contributed by atoms with Crippen molar-refractivity contribution < 1.29 is 17.4 Å². The van der Waals surface area contributed by atoms with Gasteiger partial charge >= 0.3 is 0 Å². The monoisotopic (exact) mass is 275 g/mol. The predicted molar refractivity (Wildman–Crippen MR) is 68.8 cm³/mol. The Bertz CT molecular complexity index is 450. The quantitative estimate of drug-likeness (QED) is 0.746. The zero-order chi connectivity index (χ0) is 13.6. The van der Waals surface area contributed by atoms with Gasteiger partial charge in [0, 0.05) is 12.6 Å². The van der Waals surface area contributed by atoms with Crippen LogP contribution in [0.2, 0.25) is 0 Å². The molecular formula is C12H18FNO3S. The van der Waals surface area contributed by atoms with Crippen molar-refractivity contribution in [3.63, 3.8) is 0 Å². The highest BCUT2D eigenvalue weighted by atomic mass is 32.2. The van der Waals surface area contributed by atoms with Gasteiger partial charge in [-0.3, -0.25) is 4.55 Å². The average Bonchev–Trinajstić information content (AvgIpc) is 2.29. The molecule has 4 nitrogen and oxygen atoms in total. The summed E-state index contributed by atoms with van der Waals surface area (Å²) in [6.45, 7) is 1.86. The third kappa shape index (κ3) is 5.57. The molecule has 2 atom stereocenters. The topological polar surface area (TPSA) is 66.4 Å². The first kappa shape index (κ1) is 15.1. The zero-order valence-corrected chi connectivity index (χ0v) is 11.0. The van der Waals surface area contributed by atoms with Gasteiger partial charge < -0.3 is 5.32 Å². The Kier molecular flexibility index (Phi) is 5.71. The molecule has 1 rings (SSSR count). The highest BCUT2D eigenvalue weighted by molar-refractivity contribution is 7.85. The van der Waals surface area contributed by atoms with Crippen molar-refractivity contribution >= 4 is 10.1 Å². The third-order valence-electron chi connectivity index (χ3n) is 2.59. The van der Waals surface area contributed by atoms with Crippen LogP contribution in [0.3, 0.4) is 0 Å². The molecule has 0 aromatic heterocycles. The molecule has 0 aliphatic carbocycles. The van der Waals surface area contributed by atoms with Gasteiger partial charge in [0.15, 0.2) is 0 Å². The van der Waals surface area contributed by atoms with E-state index in [0.29, 0.717) is 0 Å². The molecule has 6 heteroatoms. The minimum absolute atomic E-state index is 0.0224. The van der Waals surface area contributed by atoms with Gasteiger partial charge in [0.1, 0.15) is 11.9 Å². The van der Waals surface area contributed by atoms with E-state index in [0.717, 1.165) is 12.0 Å². The van der Waals surface area contributed by atoms with Gasteiger partial charge in [-0.25, -0.2) is 4.39 Å². The molecule has 1 aromatic carbocycles. The summed E-state index contributed by atoms with van der Waals surface area (Å²) in [7, 11) is -4.26. The molecule has 0 heterocycles. The van der Waals surface area contributed by atoms with Crippen LogP contribution in [0.1, 0.15) is 24.9 Å². The molecule has 0 aliphatic rings. The Morgan fingerprint density at radius 1 is 1.33 bits per heavy atom. The second kappa shape index (κ2) is 6.82. The molecule has 0 fully saturated rings. The maximum Gasteiger partial charge on any atom is 0.267 e. The highest BCUT2D eigenvalue weighted by Gasteiger charge is 2.17. The fourth-order valence-corrected chi connectivity index (χ4v) is 2.32. The van der Waals surface area contributed by atoms with Gasteiger partial charge in [0.05, 0.1) is 0 Å². The Morgan fingerprint density at radius 3 is 2.44 bits per heavy atom. The Morgan fingerprint density at radius 2 is 1.94 bits per heavy atom. The molecule has 0 radical (unpaired) electrons. The van der Waals surface area contributed by atoms with Crippen molar-refractivity contribution in [1.82, 2.24) is 5.32 Å². The second-order valence-electron chi connectivity index (χ2n) is 4.13. The first-order chi connectivity index (χ1) is 8.42. The van der Waals surface area contributed by atoms with E-state index in [-0.39, 0.29) is 12.6 Å². The number of benzene rings is 1. The van der Waals surface area contributed by atoms with Crippen LogP contribution < -0.4 is 5.32 Å². The first-order valence-electron chi connectivity index (χ1n) is 5.80. The maximum atomic E-state index is 13.3. The van der Waals surface area contributed by atoms with Crippen LogP contribution in [0.15, 0.2) is 30.3 Å². The van der Waals surface area contributed by atoms with E-state index in [2.05, 4.69) is 5.32 Å². The van der Waals surface area contributed by atoms with Crippen LogP contribution in [0, 0.1) is 0 Å². The standard InChI is InChI=1S/C12H18FNO3S/c1-2-12(10-6-4-3-5-7-10)14-8-11(13)9-18(15,16)17/h3-7,11-12,14H,2,8-9H2,1H3,(H,15,16,17). The van der Waals surface area contributed by atoms with Gasteiger partial charge in [-0.1, -0.05) is 37.3 Å². The number of hydrogen-bond acceptors (Lipinski definition) is 3. The summed E-state index contributed by atoms with van der Waals surface area (Å²) < 4.78 is 42.9. The summed E-state index contributed by atoms with van der Waals surface area (Å²) >= 11 is 0. The number of hydrogen-bond donors (Lipinski definition) is 2. The van der Waals surface area contributed by atoms with Crippen LogP contribution in [0.25, 0.3) is 0 Å². The van der Waals surface area contributed by atoms with Crippen molar-refractivity contribution in [2.45, 2.75) is 25.6 Å². The molecule has 102 valence electrons. The van der Waals surface area contributed by atoms with E-state index in [1.54, 1.807) is 0 Å². The van der Waals surface area contributed by atoms with E-state index in [1.165, 1.54) is 0 Å². The van der Waals surface area contributed by atoms with Gasteiger partial charge in [-0.05, 0) is 12.0 Å². The number of rotatable bonds is 7. The lowest BCUT2D eigenvalue weighted by atomic mass is 10.0. The van der Waals surface area contributed by atoms with Crippen LogP contribution in [-0.2, 0) is 10.1 Å². The smallest absolute Gasteiger partial charge is 0.267 e. The molecule has 0 bridgehead atoms.